The molecule has 0 saturated carbocycles. The van der Waals surface area contributed by atoms with Gasteiger partial charge >= 0.3 is 0 Å². The molecule has 3 aromatic rings. The van der Waals surface area contributed by atoms with Crippen LogP contribution in [0.2, 0.25) is 0 Å². The summed E-state index contributed by atoms with van der Waals surface area (Å²) < 4.78 is 5.83. The largest absolute Gasteiger partial charge is 0.459 e. The number of fused-ring (bicyclic) bond motifs is 1. The molecule has 0 saturated heterocycles. The first-order valence-corrected chi connectivity index (χ1v) is 6.16. The smallest absolute Gasteiger partial charge is 0.134 e. The minimum absolute atomic E-state index is 0.201. The molecule has 0 aliphatic carbocycles. The molecule has 3 heteroatoms. The number of aromatic amines is 1. The summed E-state index contributed by atoms with van der Waals surface area (Å²) in [5.41, 5.74) is 2.20. The molecule has 2 heterocycles. The number of para-hydroxylation sites is 1. The zero-order valence-electron chi connectivity index (χ0n) is 10.3. The van der Waals surface area contributed by atoms with Crippen molar-refractivity contribution in [1.29, 1.82) is 0 Å². The third-order valence-electron chi connectivity index (χ3n) is 3.15. The topological polar surface area (TPSA) is 41.0 Å². The van der Waals surface area contributed by atoms with Crippen LogP contribution in [0.4, 0.5) is 0 Å². The van der Waals surface area contributed by atoms with Crippen molar-refractivity contribution >= 4 is 11.0 Å². The average molecular weight is 240 g/mol. The van der Waals surface area contributed by atoms with Crippen molar-refractivity contribution in [2.75, 3.05) is 0 Å². The van der Waals surface area contributed by atoms with Crippen LogP contribution in [0, 0.1) is 0 Å². The van der Waals surface area contributed by atoms with Crippen LogP contribution in [-0.2, 0) is 6.54 Å². The number of rotatable bonds is 4. The highest BCUT2D eigenvalue weighted by molar-refractivity contribution is 5.77. The normalized spacial score (nSPS) is 12.9. The lowest BCUT2D eigenvalue weighted by molar-refractivity contribution is 0.451. The van der Waals surface area contributed by atoms with Crippen LogP contribution < -0.4 is 5.32 Å². The monoisotopic (exact) mass is 240 g/mol. The van der Waals surface area contributed by atoms with Crippen molar-refractivity contribution in [2.24, 2.45) is 0 Å². The van der Waals surface area contributed by atoms with Gasteiger partial charge in [0.2, 0.25) is 0 Å². The van der Waals surface area contributed by atoms with Crippen LogP contribution in [0.5, 0.6) is 0 Å². The van der Waals surface area contributed by atoms with Crippen molar-refractivity contribution < 1.29 is 4.42 Å². The van der Waals surface area contributed by atoms with E-state index >= 15 is 0 Å². The minimum Gasteiger partial charge on any atom is -0.459 e. The predicted molar refractivity (Wildman–Crippen MR) is 72.3 cm³/mol. The molecule has 18 heavy (non-hydrogen) atoms. The third kappa shape index (κ3) is 2.17. The minimum atomic E-state index is 0.201. The van der Waals surface area contributed by atoms with Gasteiger partial charge < -0.3 is 14.7 Å². The second-order valence-corrected chi connectivity index (χ2v) is 4.51. The fraction of sp³-hybridized carbons (Fsp3) is 0.200. The average Bonchev–Trinajstić information content (AvgIpc) is 3.04. The standard InChI is InChI=1S/C15H16N2O/c1-11(17-10-12-6-7-16-9-12)15-8-13-4-2-3-5-14(13)18-15/h2-9,11,16-17H,10H2,1H3. The first-order valence-electron chi connectivity index (χ1n) is 6.16. The highest BCUT2D eigenvalue weighted by atomic mass is 16.3. The second kappa shape index (κ2) is 4.70. The van der Waals surface area contributed by atoms with Crippen LogP contribution >= 0.6 is 0 Å². The molecular weight excluding hydrogens is 224 g/mol. The molecule has 0 aliphatic rings. The van der Waals surface area contributed by atoms with E-state index in [0.29, 0.717) is 0 Å². The van der Waals surface area contributed by atoms with Gasteiger partial charge in [0, 0.05) is 24.3 Å². The fourth-order valence-electron chi connectivity index (χ4n) is 2.06. The third-order valence-corrected chi connectivity index (χ3v) is 3.15. The van der Waals surface area contributed by atoms with Crippen LogP contribution in [0.1, 0.15) is 24.3 Å². The van der Waals surface area contributed by atoms with Gasteiger partial charge in [-0.25, -0.2) is 0 Å². The molecule has 0 bridgehead atoms. The Balaban J connectivity index is 1.73. The quantitative estimate of drug-likeness (QED) is 0.731. The molecule has 0 spiro atoms. The number of hydrogen-bond donors (Lipinski definition) is 2. The summed E-state index contributed by atoms with van der Waals surface area (Å²) in [6.45, 7) is 2.95. The van der Waals surface area contributed by atoms with E-state index in [1.165, 1.54) is 5.56 Å². The van der Waals surface area contributed by atoms with Crippen molar-refractivity contribution in [3.8, 4) is 0 Å². The SMILES string of the molecule is CC(NCc1cc[nH]c1)c1cc2ccccc2o1. The Labute approximate surface area is 106 Å². The molecule has 3 rings (SSSR count). The zero-order valence-corrected chi connectivity index (χ0v) is 10.3. The molecule has 1 atom stereocenters. The van der Waals surface area contributed by atoms with Gasteiger partial charge in [-0.3, -0.25) is 0 Å². The van der Waals surface area contributed by atoms with E-state index < -0.39 is 0 Å². The first-order chi connectivity index (χ1) is 8.83. The van der Waals surface area contributed by atoms with Crippen LogP contribution in [0.15, 0.2) is 53.2 Å². The summed E-state index contributed by atoms with van der Waals surface area (Å²) >= 11 is 0. The van der Waals surface area contributed by atoms with Gasteiger partial charge in [-0.05, 0) is 30.7 Å². The molecule has 1 aromatic carbocycles. The highest BCUT2D eigenvalue weighted by Crippen LogP contribution is 2.23. The Hall–Kier alpha value is -2.00. The summed E-state index contributed by atoms with van der Waals surface area (Å²) in [5, 5.41) is 4.60. The lowest BCUT2D eigenvalue weighted by Crippen LogP contribution is -2.17. The summed E-state index contributed by atoms with van der Waals surface area (Å²) in [6.07, 6.45) is 3.93. The molecule has 2 aromatic heterocycles. The fourth-order valence-corrected chi connectivity index (χ4v) is 2.06. The van der Waals surface area contributed by atoms with Gasteiger partial charge in [-0.1, -0.05) is 18.2 Å². The van der Waals surface area contributed by atoms with Gasteiger partial charge in [-0.15, -0.1) is 0 Å². The Bertz CT molecular complexity index is 592. The van der Waals surface area contributed by atoms with Gasteiger partial charge in [-0.2, -0.15) is 0 Å². The van der Waals surface area contributed by atoms with E-state index in [2.05, 4.69) is 35.4 Å². The van der Waals surface area contributed by atoms with Crippen molar-refractivity contribution in [1.82, 2.24) is 10.3 Å². The first kappa shape index (κ1) is 11.1. The van der Waals surface area contributed by atoms with Crippen LogP contribution in [0.25, 0.3) is 11.0 Å². The molecule has 0 fully saturated rings. The molecule has 2 N–H and O–H groups in total. The molecular formula is C15H16N2O. The van der Waals surface area contributed by atoms with Crippen LogP contribution in [-0.4, -0.2) is 4.98 Å². The summed E-state index contributed by atoms with van der Waals surface area (Å²) in [4.78, 5) is 3.05. The number of aromatic nitrogens is 1. The van der Waals surface area contributed by atoms with Gasteiger partial charge in [0.05, 0.1) is 6.04 Å². The van der Waals surface area contributed by atoms with Crippen molar-refractivity contribution in [2.45, 2.75) is 19.5 Å². The van der Waals surface area contributed by atoms with Gasteiger partial charge in [0.25, 0.3) is 0 Å². The summed E-state index contributed by atoms with van der Waals surface area (Å²) in [7, 11) is 0. The maximum Gasteiger partial charge on any atom is 0.134 e. The van der Waals surface area contributed by atoms with E-state index in [9.17, 15) is 0 Å². The number of hydrogen-bond acceptors (Lipinski definition) is 2. The lowest BCUT2D eigenvalue weighted by atomic mass is 10.2. The van der Waals surface area contributed by atoms with E-state index in [1.807, 2.05) is 30.6 Å². The molecule has 3 nitrogen and oxygen atoms in total. The van der Waals surface area contributed by atoms with E-state index in [0.717, 1.165) is 23.3 Å². The Morgan fingerprint density at radius 2 is 2.17 bits per heavy atom. The number of H-pyrrole nitrogens is 1. The molecule has 92 valence electrons. The van der Waals surface area contributed by atoms with E-state index in [-0.39, 0.29) is 6.04 Å². The van der Waals surface area contributed by atoms with Crippen molar-refractivity contribution in [3.05, 3.63) is 60.1 Å². The number of nitrogens with one attached hydrogen (secondary N) is 2. The maximum absolute atomic E-state index is 5.83. The highest BCUT2D eigenvalue weighted by Gasteiger charge is 2.10. The van der Waals surface area contributed by atoms with Crippen molar-refractivity contribution in [3.63, 3.8) is 0 Å². The van der Waals surface area contributed by atoms with Crippen LogP contribution in [0.3, 0.4) is 0 Å². The predicted octanol–water partition coefficient (Wildman–Crippen LogP) is 3.61. The Kier molecular flexibility index (Phi) is 2.90. The molecule has 0 amide bonds. The lowest BCUT2D eigenvalue weighted by Gasteiger charge is -2.09. The van der Waals surface area contributed by atoms with Gasteiger partial charge in [0.15, 0.2) is 0 Å². The Morgan fingerprint density at radius 1 is 1.28 bits per heavy atom. The summed E-state index contributed by atoms with van der Waals surface area (Å²) in [6, 6.07) is 12.5. The van der Waals surface area contributed by atoms with Gasteiger partial charge in [0.1, 0.15) is 11.3 Å². The number of furan rings is 1. The van der Waals surface area contributed by atoms with E-state index in [1.54, 1.807) is 0 Å². The molecule has 1 unspecified atom stereocenters. The van der Waals surface area contributed by atoms with E-state index in [4.69, 9.17) is 4.42 Å². The summed E-state index contributed by atoms with van der Waals surface area (Å²) in [5.74, 6) is 0.978. The number of benzene rings is 1. The second-order valence-electron chi connectivity index (χ2n) is 4.51. The maximum atomic E-state index is 5.83. The molecule has 0 aliphatic heterocycles. The zero-order chi connectivity index (χ0) is 12.4. The Morgan fingerprint density at radius 3 is 2.94 bits per heavy atom. The molecule has 0 radical (unpaired) electrons.